The number of aliphatic hydroxyl groups excluding tert-OH is 2. The Morgan fingerprint density at radius 1 is 0.585 bits per heavy atom. The van der Waals surface area contributed by atoms with Crippen LogP contribution in [0.3, 0.4) is 0 Å². The van der Waals surface area contributed by atoms with Gasteiger partial charge < -0.3 is 24.6 Å². The summed E-state index contributed by atoms with van der Waals surface area (Å²) in [7, 11) is -4.52. The van der Waals surface area contributed by atoms with Crippen molar-refractivity contribution < 1.29 is 43.0 Å². The first-order valence-electron chi connectivity index (χ1n) is 21.8. The van der Waals surface area contributed by atoms with E-state index in [0.29, 0.717) is 13.0 Å². The van der Waals surface area contributed by atoms with Crippen molar-refractivity contribution in [1.82, 2.24) is 0 Å². The Kier molecular flexibility index (Phi) is 39.8. The molecule has 3 atom stereocenters. The minimum atomic E-state index is -4.52. The molecule has 0 aromatic carbocycles. The van der Waals surface area contributed by atoms with Crippen molar-refractivity contribution in [2.24, 2.45) is 0 Å². The molecule has 0 aromatic rings. The lowest BCUT2D eigenvalue weighted by Crippen LogP contribution is -2.29. The van der Waals surface area contributed by atoms with E-state index in [0.717, 1.165) is 51.4 Å². The van der Waals surface area contributed by atoms with Gasteiger partial charge in [-0.1, -0.05) is 173 Å². The van der Waals surface area contributed by atoms with Crippen molar-refractivity contribution in [3.63, 3.8) is 0 Å². The predicted octanol–water partition coefficient (Wildman–Crippen LogP) is 11.9. The maximum absolute atomic E-state index is 12.6. The van der Waals surface area contributed by atoms with Crippen LogP contribution in [0, 0.1) is 0 Å². The summed E-state index contributed by atoms with van der Waals surface area (Å²) in [6, 6.07) is 0. The zero-order valence-corrected chi connectivity index (χ0v) is 35.1. The molecule has 0 aromatic heterocycles. The zero-order chi connectivity index (χ0) is 38.9. The van der Waals surface area contributed by atoms with Crippen molar-refractivity contribution in [3.05, 3.63) is 24.3 Å². The molecule has 0 bridgehead atoms. The first kappa shape index (κ1) is 51.9. The average Bonchev–Trinajstić information content (AvgIpc) is 3.15. The standard InChI is InChI=1S/C43H83O9P/c1-3-5-7-9-11-13-15-17-19-20-22-24-26-28-30-32-34-36-49-39-42(40-51-53(47,48)50-38-41(45)37-44)52-43(46)35-33-31-29-27-25-23-21-18-16-14-12-10-8-6-4-2/h12,14,18,21,41-42,44-45H,3-11,13,15-17,19-20,22-40H2,1-2H3,(H,47,48)/b14-12-,21-18-. The van der Waals surface area contributed by atoms with Gasteiger partial charge in [-0.15, -0.1) is 0 Å². The first-order chi connectivity index (χ1) is 25.8. The molecule has 10 heteroatoms. The highest BCUT2D eigenvalue weighted by atomic mass is 31.2. The van der Waals surface area contributed by atoms with Crippen LogP contribution in [-0.4, -0.2) is 66.3 Å². The minimum Gasteiger partial charge on any atom is -0.457 e. The van der Waals surface area contributed by atoms with Crippen molar-refractivity contribution in [1.29, 1.82) is 0 Å². The van der Waals surface area contributed by atoms with Crippen molar-refractivity contribution >= 4 is 13.8 Å². The Labute approximate surface area is 325 Å². The van der Waals surface area contributed by atoms with Gasteiger partial charge in [0.15, 0.2) is 0 Å². The highest BCUT2D eigenvalue weighted by molar-refractivity contribution is 7.47. The Morgan fingerprint density at radius 2 is 1.02 bits per heavy atom. The molecule has 0 aliphatic heterocycles. The van der Waals surface area contributed by atoms with Crippen molar-refractivity contribution in [2.45, 2.75) is 212 Å². The van der Waals surface area contributed by atoms with Crippen LogP contribution >= 0.6 is 7.82 Å². The molecule has 0 saturated heterocycles. The monoisotopic (exact) mass is 775 g/mol. The molecule has 53 heavy (non-hydrogen) atoms. The number of phosphoric acid groups is 1. The van der Waals surface area contributed by atoms with Gasteiger partial charge in [-0.2, -0.15) is 0 Å². The van der Waals surface area contributed by atoms with E-state index in [4.69, 9.17) is 23.6 Å². The van der Waals surface area contributed by atoms with E-state index in [1.165, 1.54) is 122 Å². The third-order valence-electron chi connectivity index (χ3n) is 9.39. The van der Waals surface area contributed by atoms with E-state index >= 15 is 0 Å². The second-order valence-electron chi connectivity index (χ2n) is 14.7. The molecular weight excluding hydrogens is 691 g/mol. The molecule has 0 fully saturated rings. The van der Waals surface area contributed by atoms with Crippen LogP contribution in [0.25, 0.3) is 0 Å². The normalized spacial score (nSPS) is 14.3. The summed E-state index contributed by atoms with van der Waals surface area (Å²) >= 11 is 0. The van der Waals surface area contributed by atoms with Crippen LogP contribution in [0.4, 0.5) is 0 Å². The summed E-state index contributed by atoms with van der Waals surface area (Å²) in [4.78, 5) is 22.6. The number of hydrogen-bond donors (Lipinski definition) is 3. The van der Waals surface area contributed by atoms with Gasteiger partial charge in [-0.25, -0.2) is 4.57 Å². The molecule has 0 aliphatic rings. The largest absolute Gasteiger partial charge is 0.472 e. The zero-order valence-electron chi connectivity index (χ0n) is 34.2. The number of hydrogen-bond acceptors (Lipinski definition) is 8. The Morgan fingerprint density at radius 3 is 1.55 bits per heavy atom. The van der Waals surface area contributed by atoms with E-state index in [9.17, 15) is 19.4 Å². The van der Waals surface area contributed by atoms with Gasteiger partial charge in [0.1, 0.15) is 12.2 Å². The fourth-order valence-corrected chi connectivity index (χ4v) is 6.82. The lowest BCUT2D eigenvalue weighted by atomic mass is 10.0. The quantitative estimate of drug-likeness (QED) is 0.0240. The summed E-state index contributed by atoms with van der Waals surface area (Å²) in [6.07, 6.45) is 41.3. The fourth-order valence-electron chi connectivity index (χ4n) is 6.03. The van der Waals surface area contributed by atoms with E-state index in [2.05, 4.69) is 38.2 Å². The number of ether oxygens (including phenoxy) is 2. The fraction of sp³-hybridized carbons (Fsp3) is 0.884. The van der Waals surface area contributed by atoms with Crippen molar-refractivity contribution in [2.75, 3.05) is 33.0 Å². The van der Waals surface area contributed by atoms with Crippen LogP contribution in [0.2, 0.25) is 0 Å². The van der Waals surface area contributed by atoms with Gasteiger partial charge in [-0.3, -0.25) is 13.8 Å². The maximum Gasteiger partial charge on any atom is 0.472 e. The van der Waals surface area contributed by atoms with Gasteiger partial charge in [0.05, 0.1) is 26.4 Å². The molecule has 0 spiro atoms. The number of esters is 1. The lowest BCUT2D eigenvalue weighted by molar-refractivity contribution is -0.154. The number of carbonyl (C=O) groups is 1. The molecule has 0 amide bonds. The third-order valence-corrected chi connectivity index (χ3v) is 10.3. The molecule has 3 N–H and O–H groups in total. The van der Waals surface area contributed by atoms with Gasteiger partial charge in [-0.05, 0) is 44.9 Å². The second-order valence-corrected chi connectivity index (χ2v) is 16.2. The number of phosphoric ester groups is 1. The van der Waals surface area contributed by atoms with E-state index in [-0.39, 0.29) is 19.6 Å². The molecule has 3 unspecified atom stereocenters. The van der Waals surface area contributed by atoms with Gasteiger partial charge in [0.25, 0.3) is 0 Å². The predicted molar refractivity (Wildman–Crippen MR) is 219 cm³/mol. The topological polar surface area (TPSA) is 132 Å². The van der Waals surface area contributed by atoms with Crippen LogP contribution in [0.5, 0.6) is 0 Å². The molecule has 0 rings (SSSR count). The van der Waals surface area contributed by atoms with Gasteiger partial charge in [0, 0.05) is 13.0 Å². The smallest absolute Gasteiger partial charge is 0.457 e. The van der Waals surface area contributed by atoms with E-state index < -0.39 is 39.2 Å². The first-order valence-corrected chi connectivity index (χ1v) is 23.3. The summed E-state index contributed by atoms with van der Waals surface area (Å²) < 4.78 is 33.4. The van der Waals surface area contributed by atoms with E-state index in [1.54, 1.807) is 0 Å². The number of aliphatic hydroxyl groups is 2. The number of rotatable bonds is 42. The number of carbonyl (C=O) groups excluding carboxylic acids is 1. The summed E-state index contributed by atoms with van der Waals surface area (Å²) in [5.41, 5.74) is 0. The van der Waals surface area contributed by atoms with Gasteiger partial charge in [0.2, 0.25) is 0 Å². The highest BCUT2D eigenvalue weighted by Gasteiger charge is 2.26. The summed E-state index contributed by atoms with van der Waals surface area (Å²) in [6.45, 7) is 3.50. The van der Waals surface area contributed by atoms with E-state index in [1.807, 2.05) is 0 Å². The molecule has 0 saturated carbocycles. The molecule has 0 radical (unpaired) electrons. The highest BCUT2D eigenvalue weighted by Crippen LogP contribution is 2.43. The Bertz CT molecular complexity index is 882. The average molecular weight is 775 g/mol. The maximum atomic E-state index is 12.6. The van der Waals surface area contributed by atoms with Crippen LogP contribution in [0.15, 0.2) is 24.3 Å². The van der Waals surface area contributed by atoms with Crippen LogP contribution in [-0.2, 0) is 27.9 Å². The Hall–Kier alpha value is -1.06. The number of unbranched alkanes of at least 4 members (excludes halogenated alkanes) is 24. The lowest BCUT2D eigenvalue weighted by Gasteiger charge is -2.20. The molecular formula is C43H83O9P. The minimum absolute atomic E-state index is 0.0476. The molecule has 0 heterocycles. The number of allylic oxidation sites excluding steroid dienone is 4. The third kappa shape index (κ3) is 40.4. The van der Waals surface area contributed by atoms with Crippen molar-refractivity contribution in [3.8, 4) is 0 Å². The van der Waals surface area contributed by atoms with Crippen LogP contribution < -0.4 is 0 Å². The Balaban J connectivity index is 4.16. The molecule has 0 aliphatic carbocycles. The van der Waals surface area contributed by atoms with Crippen LogP contribution in [0.1, 0.15) is 200 Å². The second kappa shape index (κ2) is 40.6. The molecule has 9 nitrogen and oxygen atoms in total. The summed E-state index contributed by atoms with van der Waals surface area (Å²) in [5, 5.41) is 18.3. The van der Waals surface area contributed by atoms with Gasteiger partial charge >= 0.3 is 13.8 Å². The summed E-state index contributed by atoms with van der Waals surface area (Å²) in [5.74, 6) is -0.393. The molecule has 314 valence electrons. The SMILES string of the molecule is CCCCC/C=C\C/C=C\CCCCCCCC(=O)OC(COCCCCCCCCCCCCCCCCCCC)COP(=O)(O)OCC(O)CO.